The minimum atomic E-state index is -0.968. The molecule has 7 heteroatoms. The summed E-state index contributed by atoms with van der Waals surface area (Å²) in [5.41, 5.74) is 0.186. The molecule has 1 amide bonds. The topological polar surface area (TPSA) is 83.6 Å². The molecule has 21 heavy (non-hydrogen) atoms. The van der Waals surface area contributed by atoms with Crippen LogP contribution in [0.4, 0.5) is 0 Å². The summed E-state index contributed by atoms with van der Waals surface area (Å²) in [7, 11) is 0. The standard InChI is InChI=1S/C14H14N2O4S/c17-13(16-6-2-1-4-9(16)14(18)19)11-12(20-8-15-11)10-5-3-7-21-10/h3,5,7-9H,1-2,4,6H2,(H,18,19)/t9-/m0/s1. The number of rotatable bonds is 3. The molecule has 0 radical (unpaired) electrons. The second-order valence-corrected chi connectivity index (χ2v) is 5.80. The van der Waals surface area contributed by atoms with E-state index in [-0.39, 0.29) is 11.6 Å². The molecule has 0 aliphatic carbocycles. The summed E-state index contributed by atoms with van der Waals surface area (Å²) in [6.07, 6.45) is 3.33. The lowest BCUT2D eigenvalue weighted by molar-refractivity contribution is -0.143. The number of hydrogen-bond donors (Lipinski definition) is 1. The van der Waals surface area contributed by atoms with Crippen molar-refractivity contribution in [3.05, 3.63) is 29.6 Å². The second-order valence-electron chi connectivity index (χ2n) is 4.86. The maximum Gasteiger partial charge on any atom is 0.326 e. The first-order valence-corrected chi connectivity index (χ1v) is 7.57. The van der Waals surface area contributed by atoms with Gasteiger partial charge in [-0.1, -0.05) is 6.07 Å². The van der Waals surface area contributed by atoms with E-state index in [2.05, 4.69) is 4.98 Å². The number of thiophene rings is 1. The average Bonchev–Trinajstić information content (AvgIpc) is 3.16. The number of amides is 1. The number of likely N-dealkylation sites (tertiary alicyclic amines) is 1. The summed E-state index contributed by atoms with van der Waals surface area (Å²) < 4.78 is 5.32. The highest BCUT2D eigenvalue weighted by molar-refractivity contribution is 7.13. The molecule has 0 saturated carbocycles. The summed E-state index contributed by atoms with van der Waals surface area (Å²) in [6.45, 7) is 0.437. The van der Waals surface area contributed by atoms with Crippen LogP contribution in [0.25, 0.3) is 10.6 Å². The van der Waals surface area contributed by atoms with Crippen molar-refractivity contribution in [3.63, 3.8) is 0 Å². The average molecular weight is 306 g/mol. The number of oxazole rings is 1. The van der Waals surface area contributed by atoms with Gasteiger partial charge in [0.05, 0.1) is 4.88 Å². The van der Waals surface area contributed by atoms with Crippen molar-refractivity contribution in [1.29, 1.82) is 0 Å². The van der Waals surface area contributed by atoms with E-state index in [4.69, 9.17) is 4.42 Å². The van der Waals surface area contributed by atoms with Crippen LogP contribution >= 0.6 is 11.3 Å². The molecule has 0 aromatic carbocycles. The van der Waals surface area contributed by atoms with Crippen molar-refractivity contribution in [3.8, 4) is 10.6 Å². The van der Waals surface area contributed by atoms with E-state index >= 15 is 0 Å². The zero-order chi connectivity index (χ0) is 14.8. The minimum absolute atomic E-state index is 0.186. The van der Waals surface area contributed by atoms with Crippen LogP contribution in [-0.2, 0) is 4.79 Å². The van der Waals surface area contributed by atoms with E-state index in [0.717, 1.165) is 17.7 Å². The lowest BCUT2D eigenvalue weighted by atomic mass is 10.0. The van der Waals surface area contributed by atoms with Gasteiger partial charge in [0, 0.05) is 6.54 Å². The molecule has 110 valence electrons. The number of carboxylic acid groups (broad SMARTS) is 1. The van der Waals surface area contributed by atoms with Crippen molar-refractivity contribution < 1.29 is 19.1 Å². The summed E-state index contributed by atoms with van der Waals surface area (Å²) in [4.78, 5) is 30.1. The highest BCUT2D eigenvalue weighted by atomic mass is 32.1. The Morgan fingerprint density at radius 3 is 3.00 bits per heavy atom. The number of piperidine rings is 1. The number of hydrogen-bond acceptors (Lipinski definition) is 5. The van der Waals surface area contributed by atoms with Crippen molar-refractivity contribution in [2.75, 3.05) is 6.54 Å². The van der Waals surface area contributed by atoms with Gasteiger partial charge in [0.15, 0.2) is 17.8 Å². The Bertz CT molecular complexity index is 650. The quantitative estimate of drug-likeness (QED) is 0.941. The van der Waals surface area contributed by atoms with Crippen LogP contribution in [0.5, 0.6) is 0 Å². The van der Waals surface area contributed by atoms with Crippen molar-refractivity contribution in [2.24, 2.45) is 0 Å². The highest BCUT2D eigenvalue weighted by Crippen LogP contribution is 2.29. The van der Waals surface area contributed by atoms with E-state index in [1.54, 1.807) is 0 Å². The van der Waals surface area contributed by atoms with Gasteiger partial charge in [0.1, 0.15) is 6.04 Å². The van der Waals surface area contributed by atoms with Crippen molar-refractivity contribution in [1.82, 2.24) is 9.88 Å². The molecule has 3 rings (SSSR count). The van der Waals surface area contributed by atoms with Gasteiger partial charge >= 0.3 is 5.97 Å². The summed E-state index contributed by atoms with van der Waals surface area (Å²) >= 11 is 1.45. The molecule has 1 N–H and O–H groups in total. The monoisotopic (exact) mass is 306 g/mol. The highest BCUT2D eigenvalue weighted by Gasteiger charge is 2.35. The zero-order valence-electron chi connectivity index (χ0n) is 11.2. The molecule has 1 saturated heterocycles. The first-order valence-electron chi connectivity index (χ1n) is 6.69. The van der Waals surface area contributed by atoms with Crippen LogP contribution in [0.15, 0.2) is 28.3 Å². The maximum absolute atomic E-state index is 12.6. The lowest BCUT2D eigenvalue weighted by Crippen LogP contribution is -2.48. The number of carbonyl (C=O) groups is 2. The van der Waals surface area contributed by atoms with E-state index in [1.807, 2.05) is 17.5 Å². The zero-order valence-corrected chi connectivity index (χ0v) is 12.0. The fourth-order valence-corrected chi connectivity index (χ4v) is 3.26. The van der Waals surface area contributed by atoms with Crippen LogP contribution in [0.1, 0.15) is 29.8 Å². The Kier molecular flexibility index (Phi) is 3.74. The number of nitrogens with zero attached hydrogens (tertiary/aromatic N) is 2. The Hall–Kier alpha value is -2.15. The van der Waals surface area contributed by atoms with Crippen molar-refractivity contribution >= 4 is 23.2 Å². The molecule has 2 aromatic heterocycles. The van der Waals surface area contributed by atoms with Gasteiger partial charge in [0.25, 0.3) is 5.91 Å². The minimum Gasteiger partial charge on any atom is -0.480 e. The lowest BCUT2D eigenvalue weighted by Gasteiger charge is -2.32. The van der Waals surface area contributed by atoms with Crippen LogP contribution < -0.4 is 0 Å². The van der Waals surface area contributed by atoms with Gasteiger partial charge in [-0.3, -0.25) is 4.79 Å². The molecule has 0 spiro atoms. The molecule has 1 atom stereocenters. The van der Waals surface area contributed by atoms with Gasteiger partial charge in [-0.15, -0.1) is 11.3 Å². The van der Waals surface area contributed by atoms with Gasteiger partial charge in [-0.05, 0) is 30.7 Å². The summed E-state index contributed by atoms with van der Waals surface area (Å²) in [5, 5.41) is 11.2. The first-order chi connectivity index (χ1) is 10.2. The Balaban J connectivity index is 1.92. The van der Waals surface area contributed by atoms with Gasteiger partial charge < -0.3 is 14.4 Å². The Morgan fingerprint density at radius 1 is 1.43 bits per heavy atom. The molecule has 0 bridgehead atoms. The summed E-state index contributed by atoms with van der Waals surface area (Å²) in [5.74, 6) is -0.937. The van der Waals surface area contributed by atoms with Gasteiger partial charge in [-0.2, -0.15) is 0 Å². The smallest absolute Gasteiger partial charge is 0.326 e. The molecular weight excluding hydrogens is 292 g/mol. The first kappa shape index (κ1) is 13.8. The van der Waals surface area contributed by atoms with E-state index in [9.17, 15) is 14.7 Å². The molecule has 1 aliphatic heterocycles. The fraction of sp³-hybridized carbons (Fsp3) is 0.357. The second kappa shape index (κ2) is 5.69. The van der Waals surface area contributed by atoms with Gasteiger partial charge in [0.2, 0.25) is 0 Å². The molecular formula is C14H14N2O4S. The van der Waals surface area contributed by atoms with Gasteiger partial charge in [-0.25, -0.2) is 9.78 Å². The predicted octanol–water partition coefficient (Wildman–Crippen LogP) is 2.48. The number of aromatic nitrogens is 1. The molecule has 0 unspecified atom stereocenters. The van der Waals surface area contributed by atoms with Crippen LogP contribution in [-0.4, -0.2) is 39.5 Å². The SMILES string of the molecule is O=C(O)[C@@H]1CCCCN1C(=O)c1ncoc1-c1cccs1. The van der Waals surface area contributed by atoms with Crippen LogP contribution in [0, 0.1) is 0 Å². The molecule has 3 heterocycles. The molecule has 1 fully saturated rings. The van der Waals surface area contributed by atoms with E-state index < -0.39 is 12.0 Å². The van der Waals surface area contributed by atoms with E-state index in [0.29, 0.717) is 18.7 Å². The van der Waals surface area contributed by atoms with Crippen molar-refractivity contribution in [2.45, 2.75) is 25.3 Å². The molecule has 2 aromatic rings. The van der Waals surface area contributed by atoms with E-state index in [1.165, 1.54) is 22.6 Å². The normalized spacial score (nSPS) is 18.7. The number of carbonyl (C=O) groups excluding carboxylic acids is 1. The van der Waals surface area contributed by atoms with Crippen LogP contribution in [0.3, 0.4) is 0 Å². The summed E-state index contributed by atoms with van der Waals surface area (Å²) in [6, 6.07) is 2.92. The Labute approximate surface area is 125 Å². The fourth-order valence-electron chi connectivity index (χ4n) is 2.55. The number of carboxylic acids is 1. The number of aliphatic carboxylic acids is 1. The third-order valence-electron chi connectivity index (χ3n) is 3.56. The molecule has 6 nitrogen and oxygen atoms in total. The third-order valence-corrected chi connectivity index (χ3v) is 4.43. The van der Waals surface area contributed by atoms with Crippen LogP contribution in [0.2, 0.25) is 0 Å². The largest absolute Gasteiger partial charge is 0.480 e. The maximum atomic E-state index is 12.6. The Morgan fingerprint density at radius 2 is 2.29 bits per heavy atom. The third kappa shape index (κ3) is 2.56. The predicted molar refractivity (Wildman–Crippen MR) is 76.1 cm³/mol. The molecule has 1 aliphatic rings.